The van der Waals surface area contributed by atoms with Crippen LogP contribution in [0.5, 0.6) is 0 Å². The van der Waals surface area contributed by atoms with Crippen LogP contribution < -0.4 is 5.32 Å². The zero-order chi connectivity index (χ0) is 13.6. The Bertz CT molecular complexity index is 347. The number of carbonyl (C=O) groups is 1. The monoisotopic (exact) mass is 247 g/mol. The van der Waals surface area contributed by atoms with E-state index in [0.29, 0.717) is 12.5 Å². The van der Waals surface area contributed by atoms with Gasteiger partial charge in [-0.3, -0.25) is 4.79 Å². The highest BCUT2D eigenvalue weighted by atomic mass is 16.2. The van der Waals surface area contributed by atoms with Crippen LogP contribution in [0.2, 0.25) is 0 Å². The molecule has 0 saturated carbocycles. The second-order valence-electron chi connectivity index (χ2n) is 5.56. The molecule has 0 aliphatic heterocycles. The van der Waals surface area contributed by atoms with Gasteiger partial charge in [-0.25, -0.2) is 0 Å². The SMILES string of the molecule is CC[C@H](C)C(C)(C)C(=O)NCC1C=CC=CC=C1. The number of allylic oxidation sites excluding steroid dienone is 4. The van der Waals surface area contributed by atoms with Gasteiger partial charge in [0.1, 0.15) is 0 Å². The van der Waals surface area contributed by atoms with Gasteiger partial charge in [0.2, 0.25) is 5.91 Å². The second kappa shape index (κ2) is 6.58. The van der Waals surface area contributed by atoms with E-state index in [2.05, 4.69) is 31.3 Å². The minimum atomic E-state index is -0.300. The van der Waals surface area contributed by atoms with Gasteiger partial charge in [-0.05, 0) is 5.92 Å². The summed E-state index contributed by atoms with van der Waals surface area (Å²) in [4.78, 5) is 12.2. The fourth-order valence-electron chi connectivity index (χ4n) is 1.91. The van der Waals surface area contributed by atoms with Gasteiger partial charge in [0, 0.05) is 17.9 Å². The van der Waals surface area contributed by atoms with E-state index in [1.165, 1.54) is 0 Å². The van der Waals surface area contributed by atoms with Crippen LogP contribution in [0.1, 0.15) is 34.1 Å². The molecule has 0 aromatic rings. The minimum absolute atomic E-state index is 0.149. The lowest BCUT2D eigenvalue weighted by Gasteiger charge is -2.30. The molecule has 0 bridgehead atoms. The van der Waals surface area contributed by atoms with Gasteiger partial charge in [0.05, 0.1) is 0 Å². The molecule has 1 aliphatic carbocycles. The Morgan fingerprint density at radius 2 is 1.78 bits per heavy atom. The van der Waals surface area contributed by atoms with Gasteiger partial charge < -0.3 is 5.32 Å². The molecule has 100 valence electrons. The van der Waals surface area contributed by atoms with Gasteiger partial charge in [0.25, 0.3) is 0 Å². The van der Waals surface area contributed by atoms with Crippen molar-refractivity contribution >= 4 is 5.91 Å². The maximum Gasteiger partial charge on any atom is 0.225 e. The standard InChI is InChI=1S/C16H25NO/c1-5-13(2)16(3,4)15(18)17-12-14-10-8-6-7-9-11-14/h6-11,13-14H,5,12H2,1-4H3,(H,17,18)/t13-/m0/s1. The molecule has 2 nitrogen and oxygen atoms in total. The zero-order valence-electron chi connectivity index (χ0n) is 11.9. The first-order valence-electron chi connectivity index (χ1n) is 6.78. The van der Waals surface area contributed by atoms with E-state index in [9.17, 15) is 4.79 Å². The predicted octanol–water partition coefficient (Wildman–Crippen LogP) is 3.47. The Kier molecular flexibility index (Phi) is 5.39. The fourth-order valence-corrected chi connectivity index (χ4v) is 1.91. The van der Waals surface area contributed by atoms with Crippen LogP contribution in [0.15, 0.2) is 36.5 Å². The minimum Gasteiger partial charge on any atom is -0.355 e. The third kappa shape index (κ3) is 3.86. The molecule has 1 atom stereocenters. The lowest BCUT2D eigenvalue weighted by molar-refractivity contribution is -0.131. The highest BCUT2D eigenvalue weighted by Crippen LogP contribution is 2.29. The molecule has 0 aromatic carbocycles. The van der Waals surface area contributed by atoms with E-state index in [0.717, 1.165) is 6.42 Å². The summed E-state index contributed by atoms with van der Waals surface area (Å²) in [5, 5.41) is 3.07. The maximum atomic E-state index is 12.2. The summed E-state index contributed by atoms with van der Waals surface area (Å²) in [6, 6.07) is 0. The molecule has 1 rings (SSSR count). The van der Waals surface area contributed by atoms with Crippen LogP contribution in [0, 0.1) is 17.3 Å². The summed E-state index contributed by atoms with van der Waals surface area (Å²) in [6.45, 7) is 8.98. The van der Waals surface area contributed by atoms with Gasteiger partial charge >= 0.3 is 0 Å². The average Bonchev–Trinajstić information content (AvgIpc) is 2.63. The summed E-state index contributed by atoms with van der Waals surface area (Å²) in [6.07, 6.45) is 13.3. The average molecular weight is 247 g/mol. The van der Waals surface area contributed by atoms with Gasteiger partial charge in [-0.15, -0.1) is 0 Å². The number of hydrogen-bond acceptors (Lipinski definition) is 1. The molecule has 0 heterocycles. The number of amides is 1. The van der Waals surface area contributed by atoms with Crippen LogP contribution in [0.4, 0.5) is 0 Å². The lowest BCUT2D eigenvalue weighted by Crippen LogP contribution is -2.42. The summed E-state index contributed by atoms with van der Waals surface area (Å²) in [5.74, 6) is 0.826. The van der Waals surface area contributed by atoms with E-state index in [1.54, 1.807) is 0 Å². The van der Waals surface area contributed by atoms with Crippen molar-refractivity contribution < 1.29 is 4.79 Å². The van der Waals surface area contributed by atoms with E-state index in [4.69, 9.17) is 0 Å². The molecule has 2 heteroatoms. The molecule has 1 amide bonds. The summed E-state index contributed by atoms with van der Waals surface area (Å²) >= 11 is 0. The van der Waals surface area contributed by atoms with Gasteiger partial charge in [0.15, 0.2) is 0 Å². The van der Waals surface area contributed by atoms with Crippen molar-refractivity contribution in [1.29, 1.82) is 0 Å². The third-order valence-electron chi connectivity index (χ3n) is 3.98. The molecule has 1 N–H and O–H groups in total. The van der Waals surface area contributed by atoms with Crippen molar-refractivity contribution in [3.05, 3.63) is 36.5 Å². The first-order chi connectivity index (χ1) is 8.48. The van der Waals surface area contributed by atoms with Crippen molar-refractivity contribution in [2.45, 2.75) is 34.1 Å². The van der Waals surface area contributed by atoms with Gasteiger partial charge in [-0.2, -0.15) is 0 Å². The number of nitrogens with one attached hydrogen (secondary N) is 1. The molecule has 1 aliphatic rings. The Morgan fingerprint density at radius 3 is 2.28 bits per heavy atom. The highest BCUT2D eigenvalue weighted by molar-refractivity contribution is 5.82. The highest BCUT2D eigenvalue weighted by Gasteiger charge is 2.32. The van der Waals surface area contributed by atoms with Crippen molar-refractivity contribution in [3.8, 4) is 0 Å². The number of hydrogen-bond donors (Lipinski definition) is 1. The Labute approximate surface area is 111 Å². The van der Waals surface area contributed by atoms with Crippen molar-refractivity contribution in [3.63, 3.8) is 0 Å². The molecule has 18 heavy (non-hydrogen) atoms. The normalized spacial score (nSPS) is 17.6. The van der Waals surface area contributed by atoms with Crippen molar-refractivity contribution in [2.24, 2.45) is 17.3 Å². The third-order valence-corrected chi connectivity index (χ3v) is 3.98. The Hall–Kier alpha value is -1.31. The molecule has 0 aromatic heterocycles. The predicted molar refractivity (Wildman–Crippen MR) is 77.2 cm³/mol. The smallest absolute Gasteiger partial charge is 0.225 e. The van der Waals surface area contributed by atoms with E-state index >= 15 is 0 Å². The lowest BCUT2D eigenvalue weighted by atomic mass is 9.77. The van der Waals surface area contributed by atoms with Gasteiger partial charge in [-0.1, -0.05) is 70.6 Å². The Morgan fingerprint density at radius 1 is 1.22 bits per heavy atom. The largest absolute Gasteiger partial charge is 0.355 e. The molecule has 0 spiro atoms. The van der Waals surface area contributed by atoms with Crippen LogP contribution in [-0.4, -0.2) is 12.5 Å². The summed E-state index contributed by atoms with van der Waals surface area (Å²) in [7, 11) is 0. The number of carbonyl (C=O) groups excluding carboxylic acids is 1. The van der Waals surface area contributed by atoms with E-state index in [1.807, 2.05) is 38.2 Å². The molecular formula is C16H25NO. The zero-order valence-corrected chi connectivity index (χ0v) is 11.9. The molecule has 0 radical (unpaired) electrons. The van der Waals surface area contributed by atoms with Crippen LogP contribution in [-0.2, 0) is 4.79 Å². The van der Waals surface area contributed by atoms with Crippen molar-refractivity contribution in [2.75, 3.05) is 6.54 Å². The molecule has 0 unspecified atom stereocenters. The molecule has 0 saturated heterocycles. The first kappa shape index (κ1) is 14.7. The van der Waals surface area contributed by atoms with Crippen molar-refractivity contribution in [1.82, 2.24) is 5.32 Å². The Balaban J connectivity index is 2.50. The van der Waals surface area contributed by atoms with E-state index in [-0.39, 0.29) is 17.2 Å². The quantitative estimate of drug-likeness (QED) is 0.792. The first-order valence-corrected chi connectivity index (χ1v) is 6.78. The fraction of sp³-hybridized carbons (Fsp3) is 0.562. The van der Waals surface area contributed by atoms with Crippen LogP contribution >= 0.6 is 0 Å². The number of rotatable bonds is 5. The summed E-state index contributed by atoms with van der Waals surface area (Å²) in [5.41, 5.74) is -0.300. The topological polar surface area (TPSA) is 29.1 Å². The van der Waals surface area contributed by atoms with E-state index < -0.39 is 0 Å². The van der Waals surface area contributed by atoms with Crippen LogP contribution in [0.25, 0.3) is 0 Å². The second-order valence-corrected chi connectivity index (χ2v) is 5.56. The molecule has 0 fully saturated rings. The van der Waals surface area contributed by atoms with Crippen LogP contribution in [0.3, 0.4) is 0 Å². The maximum absolute atomic E-state index is 12.2. The molecular weight excluding hydrogens is 222 g/mol. The summed E-state index contributed by atoms with van der Waals surface area (Å²) < 4.78 is 0.